The van der Waals surface area contributed by atoms with E-state index in [1.54, 1.807) is 0 Å². The average Bonchev–Trinajstić information content (AvgIpc) is 2.18. The molecule has 0 radical (unpaired) electrons. The van der Waals surface area contributed by atoms with Crippen LogP contribution in [0.3, 0.4) is 0 Å². The van der Waals surface area contributed by atoms with Crippen molar-refractivity contribution < 1.29 is 4.79 Å². The van der Waals surface area contributed by atoms with E-state index in [4.69, 9.17) is 0 Å². The molecule has 2 fully saturated rings. The van der Waals surface area contributed by atoms with Gasteiger partial charge in [0.2, 0.25) is 0 Å². The highest BCUT2D eigenvalue weighted by molar-refractivity contribution is 5.79. The number of carbonyl (C=O) groups excluding carboxylic acids is 1. The maximum atomic E-state index is 11.1. The summed E-state index contributed by atoms with van der Waals surface area (Å²) in [5.74, 6) is 2.26. The van der Waals surface area contributed by atoms with Gasteiger partial charge in [0.1, 0.15) is 5.78 Å². The Hall–Kier alpha value is -0.370. The molecule has 2 rings (SSSR count). The van der Waals surface area contributed by atoms with E-state index in [9.17, 15) is 4.79 Å². The van der Waals surface area contributed by atoms with Crippen LogP contribution in [-0.4, -0.2) is 18.9 Å². The second-order valence-corrected chi connectivity index (χ2v) is 5.27. The summed E-state index contributed by atoms with van der Waals surface area (Å²) in [6, 6.07) is 0. The lowest BCUT2D eigenvalue weighted by molar-refractivity contribution is -0.120. The topological polar surface area (TPSA) is 29.1 Å². The highest BCUT2D eigenvalue weighted by Crippen LogP contribution is 2.28. The molecule has 0 spiro atoms. The first-order valence-corrected chi connectivity index (χ1v) is 6.57. The van der Waals surface area contributed by atoms with Gasteiger partial charge in [-0.25, -0.2) is 0 Å². The van der Waals surface area contributed by atoms with Crippen LogP contribution in [0.15, 0.2) is 0 Å². The minimum absolute atomic E-state index is 0.473. The van der Waals surface area contributed by atoms with Gasteiger partial charge in [-0.15, -0.1) is 0 Å². The summed E-state index contributed by atoms with van der Waals surface area (Å²) in [7, 11) is 0. The summed E-state index contributed by atoms with van der Waals surface area (Å²) in [6.45, 7) is 2.33. The maximum absolute atomic E-state index is 11.1. The summed E-state index contributed by atoms with van der Waals surface area (Å²) >= 11 is 0. The van der Waals surface area contributed by atoms with Gasteiger partial charge in [-0.1, -0.05) is 19.3 Å². The lowest BCUT2D eigenvalue weighted by Gasteiger charge is -2.26. The fourth-order valence-electron chi connectivity index (χ4n) is 2.60. The van der Waals surface area contributed by atoms with Gasteiger partial charge >= 0.3 is 0 Å². The van der Waals surface area contributed by atoms with Crippen LogP contribution in [-0.2, 0) is 4.79 Å². The second-order valence-electron chi connectivity index (χ2n) is 5.27. The molecule has 2 aliphatic rings. The van der Waals surface area contributed by atoms with Crippen molar-refractivity contribution in [3.05, 3.63) is 0 Å². The molecule has 0 saturated heterocycles. The highest BCUT2D eigenvalue weighted by Gasteiger charge is 2.19. The zero-order valence-corrected chi connectivity index (χ0v) is 9.63. The molecule has 0 atom stereocenters. The molecule has 0 heterocycles. The summed E-state index contributed by atoms with van der Waals surface area (Å²) in [5.41, 5.74) is 0. The molecule has 0 amide bonds. The third-order valence-electron chi connectivity index (χ3n) is 4.05. The van der Waals surface area contributed by atoms with Gasteiger partial charge in [0.25, 0.3) is 0 Å². The van der Waals surface area contributed by atoms with Crippen molar-refractivity contribution in [3.8, 4) is 0 Å². The molecule has 0 aromatic carbocycles. The van der Waals surface area contributed by atoms with E-state index in [-0.39, 0.29) is 0 Å². The van der Waals surface area contributed by atoms with E-state index in [1.807, 2.05) is 0 Å². The second kappa shape index (κ2) is 5.64. The minimum Gasteiger partial charge on any atom is -0.316 e. The van der Waals surface area contributed by atoms with Crippen molar-refractivity contribution in [1.29, 1.82) is 0 Å². The molecule has 0 aromatic rings. The number of hydrogen-bond donors (Lipinski definition) is 1. The summed E-state index contributed by atoms with van der Waals surface area (Å²) in [5, 5.41) is 3.56. The summed E-state index contributed by atoms with van der Waals surface area (Å²) < 4.78 is 0. The molecule has 2 heteroatoms. The predicted octanol–water partition coefficient (Wildman–Crippen LogP) is 2.53. The number of rotatable bonds is 5. The van der Waals surface area contributed by atoms with Crippen molar-refractivity contribution in [2.75, 3.05) is 13.1 Å². The van der Waals surface area contributed by atoms with Gasteiger partial charge < -0.3 is 5.32 Å². The third-order valence-corrected chi connectivity index (χ3v) is 4.05. The lowest BCUT2D eigenvalue weighted by Crippen LogP contribution is -2.28. The fraction of sp³-hybridized carbons (Fsp3) is 0.923. The number of carbonyl (C=O) groups is 1. The quantitative estimate of drug-likeness (QED) is 0.705. The Labute approximate surface area is 92.8 Å². The molecule has 86 valence electrons. The van der Waals surface area contributed by atoms with Crippen LogP contribution < -0.4 is 5.32 Å². The molecular weight excluding hydrogens is 186 g/mol. The first kappa shape index (κ1) is 11.1. The SMILES string of the molecule is O=C1CCC(CNCCC2CCC2)CC1. The highest BCUT2D eigenvalue weighted by atomic mass is 16.1. The Morgan fingerprint density at radius 3 is 2.40 bits per heavy atom. The molecule has 0 bridgehead atoms. The molecule has 0 aliphatic heterocycles. The third kappa shape index (κ3) is 3.60. The van der Waals surface area contributed by atoms with E-state index in [0.29, 0.717) is 5.78 Å². The van der Waals surface area contributed by atoms with Crippen LogP contribution in [0.1, 0.15) is 51.4 Å². The molecule has 1 N–H and O–H groups in total. The van der Waals surface area contributed by atoms with Crippen molar-refractivity contribution in [3.63, 3.8) is 0 Å². The normalized spacial score (nSPS) is 24.1. The summed E-state index contributed by atoms with van der Waals surface area (Å²) in [6.07, 6.45) is 9.63. The molecule has 2 nitrogen and oxygen atoms in total. The number of Topliss-reactive ketones (excluding diaryl/α,β-unsaturated/α-hetero) is 1. The van der Waals surface area contributed by atoms with Crippen molar-refractivity contribution in [2.45, 2.75) is 51.4 Å². The van der Waals surface area contributed by atoms with Crippen LogP contribution in [0.25, 0.3) is 0 Å². The molecule has 15 heavy (non-hydrogen) atoms. The van der Waals surface area contributed by atoms with Gasteiger partial charge in [-0.2, -0.15) is 0 Å². The molecule has 0 aromatic heterocycles. The van der Waals surface area contributed by atoms with Crippen LogP contribution in [0.4, 0.5) is 0 Å². The van der Waals surface area contributed by atoms with Gasteiger partial charge in [-0.3, -0.25) is 4.79 Å². The Morgan fingerprint density at radius 1 is 1.07 bits per heavy atom. The van der Waals surface area contributed by atoms with Gasteiger partial charge in [-0.05, 0) is 44.2 Å². The van der Waals surface area contributed by atoms with Crippen molar-refractivity contribution in [1.82, 2.24) is 5.32 Å². The van der Waals surface area contributed by atoms with E-state index in [1.165, 1.54) is 32.2 Å². The Morgan fingerprint density at radius 2 is 1.80 bits per heavy atom. The van der Waals surface area contributed by atoms with Crippen molar-refractivity contribution in [2.24, 2.45) is 11.8 Å². The molecule has 2 aliphatic carbocycles. The lowest BCUT2D eigenvalue weighted by atomic mass is 9.83. The number of ketones is 1. The zero-order valence-electron chi connectivity index (χ0n) is 9.63. The van der Waals surface area contributed by atoms with E-state index in [2.05, 4.69) is 5.32 Å². The van der Waals surface area contributed by atoms with E-state index >= 15 is 0 Å². The minimum atomic E-state index is 0.473. The average molecular weight is 209 g/mol. The van der Waals surface area contributed by atoms with Crippen LogP contribution >= 0.6 is 0 Å². The monoisotopic (exact) mass is 209 g/mol. The Balaban J connectivity index is 1.48. The van der Waals surface area contributed by atoms with Gasteiger partial charge in [0.15, 0.2) is 0 Å². The largest absolute Gasteiger partial charge is 0.316 e. The first-order chi connectivity index (χ1) is 7.34. The number of hydrogen-bond acceptors (Lipinski definition) is 2. The summed E-state index contributed by atoms with van der Waals surface area (Å²) in [4.78, 5) is 11.1. The van der Waals surface area contributed by atoms with E-state index in [0.717, 1.165) is 44.1 Å². The van der Waals surface area contributed by atoms with Crippen LogP contribution in [0.5, 0.6) is 0 Å². The molecule has 2 saturated carbocycles. The maximum Gasteiger partial charge on any atom is 0.132 e. The van der Waals surface area contributed by atoms with Gasteiger partial charge in [0, 0.05) is 12.8 Å². The standard InChI is InChI=1S/C13H23NO/c15-13-6-4-12(5-7-13)10-14-9-8-11-2-1-3-11/h11-12,14H,1-10H2. The van der Waals surface area contributed by atoms with Crippen molar-refractivity contribution >= 4 is 5.78 Å². The zero-order chi connectivity index (χ0) is 10.5. The Kier molecular flexibility index (Phi) is 4.18. The molecule has 0 unspecified atom stereocenters. The smallest absolute Gasteiger partial charge is 0.132 e. The first-order valence-electron chi connectivity index (χ1n) is 6.57. The van der Waals surface area contributed by atoms with Crippen LogP contribution in [0, 0.1) is 11.8 Å². The number of nitrogens with one attached hydrogen (secondary N) is 1. The van der Waals surface area contributed by atoms with Gasteiger partial charge in [0.05, 0.1) is 0 Å². The Bertz CT molecular complexity index is 201. The predicted molar refractivity (Wildman–Crippen MR) is 61.8 cm³/mol. The van der Waals surface area contributed by atoms with Crippen LogP contribution in [0.2, 0.25) is 0 Å². The fourth-order valence-corrected chi connectivity index (χ4v) is 2.60. The van der Waals surface area contributed by atoms with E-state index < -0.39 is 0 Å². The molecular formula is C13H23NO.